The van der Waals surface area contributed by atoms with Crippen molar-refractivity contribution in [1.82, 2.24) is 0 Å². The second-order valence-electron chi connectivity index (χ2n) is 3.21. The molecule has 0 saturated carbocycles. The Hall–Kier alpha value is -1.56. The lowest BCUT2D eigenvalue weighted by molar-refractivity contribution is 0.922. The first-order chi connectivity index (χ1) is 7.77. The topological polar surface area (TPSA) is 0 Å². The lowest BCUT2D eigenvalue weighted by Crippen LogP contribution is -1.94. The lowest BCUT2D eigenvalue weighted by Gasteiger charge is -2.11. The quantitative estimate of drug-likeness (QED) is 0.665. The average Bonchev–Trinajstić information content (AvgIpc) is 2.40. The van der Waals surface area contributed by atoms with E-state index in [1.807, 2.05) is 60.7 Å². The Kier molecular flexibility index (Phi) is 2.00. The van der Waals surface area contributed by atoms with Gasteiger partial charge in [0.15, 0.2) is 0 Å². The van der Waals surface area contributed by atoms with Crippen LogP contribution in [0.25, 0.3) is 0 Å². The first-order valence-corrected chi connectivity index (χ1v) is 4.67. The summed E-state index contributed by atoms with van der Waals surface area (Å²) in [6, 6.07) is 19.2. The fourth-order valence-corrected chi connectivity index (χ4v) is 1.45. The van der Waals surface area contributed by atoms with Gasteiger partial charge in [0.05, 0.1) is 0 Å². The molecule has 0 heteroatoms. The molecule has 0 aliphatic rings. The van der Waals surface area contributed by atoms with Crippen LogP contribution in [0.3, 0.4) is 0 Å². The minimum absolute atomic E-state index is 0.0288. The predicted molar refractivity (Wildman–Crippen MR) is 60.4 cm³/mol. The van der Waals surface area contributed by atoms with Crippen molar-refractivity contribution in [3.8, 4) is 0 Å². The Morgan fingerprint density at radius 3 is 1.64 bits per heavy atom. The van der Waals surface area contributed by atoms with E-state index in [0.717, 1.165) is 11.1 Å². The van der Waals surface area contributed by atoms with E-state index in [-0.39, 0.29) is 6.90 Å². The third kappa shape index (κ3) is 1.85. The van der Waals surface area contributed by atoms with Crippen LogP contribution in [0.15, 0.2) is 60.7 Å². The molecule has 0 radical (unpaired) electrons. The van der Waals surface area contributed by atoms with Gasteiger partial charge in [0, 0.05) is 8.64 Å². The van der Waals surface area contributed by atoms with E-state index in [9.17, 15) is 0 Å². The smallest absolute Gasteiger partial charge is 0.0399 e. The van der Waals surface area contributed by atoms with Crippen molar-refractivity contribution in [3.05, 3.63) is 71.8 Å². The van der Waals surface area contributed by atoms with E-state index < -0.39 is 5.89 Å². The Balaban J connectivity index is 2.49. The van der Waals surface area contributed by atoms with Crippen molar-refractivity contribution in [2.24, 2.45) is 0 Å². The van der Waals surface area contributed by atoms with Crippen LogP contribution in [0.5, 0.6) is 0 Å². The molecule has 0 aliphatic carbocycles. The molecule has 14 heavy (non-hydrogen) atoms. The Morgan fingerprint density at radius 2 is 1.29 bits per heavy atom. The molecule has 0 spiro atoms. The van der Waals surface area contributed by atoms with Crippen molar-refractivity contribution in [2.75, 3.05) is 0 Å². The maximum atomic E-state index is 8.46. The molecule has 0 fully saturated rings. The molecule has 0 nitrogen and oxygen atoms in total. The number of benzene rings is 2. The molecule has 70 valence electrons. The molecule has 0 amide bonds. The molecule has 0 N–H and O–H groups in total. The second-order valence-corrected chi connectivity index (χ2v) is 3.21. The highest BCUT2D eigenvalue weighted by atomic mass is 14.1. The lowest BCUT2D eigenvalue weighted by atomic mass is 9.93. The van der Waals surface area contributed by atoms with Gasteiger partial charge in [-0.15, -0.1) is 0 Å². The zero-order valence-electron chi connectivity index (χ0n) is 9.98. The van der Waals surface area contributed by atoms with Crippen molar-refractivity contribution < 1.29 is 2.74 Å². The highest BCUT2D eigenvalue weighted by Crippen LogP contribution is 2.22. The largest absolute Gasteiger partial charge is 0.0622 e. The van der Waals surface area contributed by atoms with E-state index in [2.05, 4.69) is 0 Å². The molecule has 2 rings (SSSR count). The first kappa shape index (κ1) is 6.83. The van der Waals surface area contributed by atoms with Gasteiger partial charge in [-0.3, -0.25) is 0 Å². The van der Waals surface area contributed by atoms with Crippen molar-refractivity contribution in [3.63, 3.8) is 0 Å². The van der Waals surface area contributed by atoms with Crippen molar-refractivity contribution >= 4 is 0 Å². The number of hydrogen-bond acceptors (Lipinski definition) is 0. The highest BCUT2D eigenvalue weighted by molar-refractivity contribution is 5.31. The van der Waals surface area contributed by atoms with Gasteiger partial charge in [-0.1, -0.05) is 67.6 Å². The van der Waals surface area contributed by atoms with Gasteiger partial charge in [-0.05, 0) is 11.1 Å². The Bertz CT molecular complexity index is 397. The van der Waals surface area contributed by atoms with Gasteiger partial charge >= 0.3 is 0 Å². The molecule has 2 aromatic rings. The van der Waals surface area contributed by atoms with E-state index in [1.165, 1.54) is 0 Å². The standard InChI is InChI=1S/C14H14/c1-12(13-8-4-2-5-9-13)14-10-6-3-7-11-14/h2-12H,1H3/i1D,12D. The van der Waals surface area contributed by atoms with Gasteiger partial charge in [0.2, 0.25) is 0 Å². The average molecular weight is 184 g/mol. The summed E-state index contributed by atoms with van der Waals surface area (Å²) in [5, 5.41) is 0. The highest BCUT2D eigenvalue weighted by Gasteiger charge is 2.05. The number of hydrogen-bond donors (Lipinski definition) is 0. The third-order valence-corrected chi connectivity index (χ3v) is 2.24. The Morgan fingerprint density at radius 1 is 0.857 bits per heavy atom. The second kappa shape index (κ2) is 4.10. The fourth-order valence-electron chi connectivity index (χ4n) is 1.45. The van der Waals surface area contributed by atoms with E-state index >= 15 is 0 Å². The van der Waals surface area contributed by atoms with Gasteiger partial charge in [-0.2, -0.15) is 0 Å². The minimum atomic E-state index is -0.956. The molecule has 0 aliphatic heterocycles. The van der Waals surface area contributed by atoms with Crippen molar-refractivity contribution in [2.45, 2.75) is 12.8 Å². The van der Waals surface area contributed by atoms with Crippen LogP contribution in [0.1, 0.15) is 26.7 Å². The van der Waals surface area contributed by atoms with Crippen LogP contribution in [0, 0.1) is 0 Å². The van der Waals surface area contributed by atoms with Gasteiger partial charge in [0.1, 0.15) is 0 Å². The molecular formula is C14H14. The summed E-state index contributed by atoms with van der Waals surface area (Å²) < 4.78 is 16.1. The van der Waals surface area contributed by atoms with Gasteiger partial charge < -0.3 is 0 Å². The zero-order valence-corrected chi connectivity index (χ0v) is 7.98. The fraction of sp³-hybridized carbons (Fsp3) is 0.143. The molecule has 0 atom stereocenters. The molecular weight excluding hydrogens is 168 g/mol. The predicted octanol–water partition coefficient (Wildman–Crippen LogP) is 3.84. The summed E-state index contributed by atoms with van der Waals surface area (Å²) in [6.45, 7) is 0.0288. The zero-order chi connectivity index (χ0) is 11.4. The van der Waals surface area contributed by atoms with Crippen LogP contribution in [-0.2, 0) is 0 Å². The van der Waals surface area contributed by atoms with E-state index in [0.29, 0.717) is 0 Å². The SMILES string of the molecule is [2H]CC([2H])(c1ccccc1)c1ccccc1. The first-order valence-electron chi connectivity index (χ1n) is 5.88. The maximum Gasteiger partial charge on any atom is 0.0399 e. The van der Waals surface area contributed by atoms with Gasteiger partial charge in [-0.25, -0.2) is 0 Å². The van der Waals surface area contributed by atoms with Crippen LogP contribution in [0.2, 0.25) is 0 Å². The summed E-state index contributed by atoms with van der Waals surface area (Å²) in [7, 11) is 0. The molecule has 0 aromatic heterocycles. The number of rotatable bonds is 2. The molecule has 0 saturated heterocycles. The third-order valence-electron chi connectivity index (χ3n) is 2.24. The molecule has 0 heterocycles. The van der Waals surface area contributed by atoms with Crippen molar-refractivity contribution in [1.29, 1.82) is 0 Å². The maximum absolute atomic E-state index is 8.46. The van der Waals surface area contributed by atoms with E-state index in [1.54, 1.807) is 0 Å². The summed E-state index contributed by atoms with van der Waals surface area (Å²) >= 11 is 0. The van der Waals surface area contributed by atoms with Gasteiger partial charge in [0.25, 0.3) is 0 Å². The molecule has 0 unspecified atom stereocenters. The van der Waals surface area contributed by atoms with Crippen LogP contribution in [0.4, 0.5) is 0 Å². The minimum Gasteiger partial charge on any atom is -0.0622 e. The van der Waals surface area contributed by atoms with Crippen LogP contribution >= 0.6 is 0 Å². The molecule has 2 aromatic carbocycles. The van der Waals surface area contributed by atoms with Crippen LogP contribution in [-0.4, -0.2) is 0 Å². The summed E-state index contributed by atoms with van der Waals surface area (Å²) in [4.78, 5) is 0. The monoisotopic (exact) mass is 184 g/mol. The Labute approximate surface area is 88.0 Å². The molecule has 0 bridgehead atoms. The summed E-state index contributed by atoms with van der Waals surface area (Å²) in [6.07, 6.45) is 0. The van der Waals surface area contributed by atoms with Crippen LogP contribution < -0.4 is 0 Å². The summed E-state index contributed by atoms with van der Waals surface area (Å²) in [5.41, 5.74) is 1.74. The van der Waals surface area contributed by atoms with E-state index in [4.69, 9.17) is 2.74 Å². The summed E-state index contributed by atoms with van der Waals surface area (Å²) in [5.74, 6) is -0.956. The normalized spacial score (nSPS) is 13.1.